The monoisotopic (exact) mass is 329 g/mol. The Balaban J connectivity index is 1.79. The molecule has 0 aliphatic rings. The van der Waals surface area contributed by atoms with E-state index in [9.17, 15) is 0 Å². The fourth-order valence-electron chi connectivity index (χ4n) is 2.95. The van der Waals surface area contributed by atoms with Gasteiger partial charge >= 0.3 is 0 Å². The van der Waals surface area contributed by atoms with Crippen molar-refractivity contribution in [3.63, 3.8) is 0 Å². The van der Waals surface area contributed by atoms with Crippen LogP contribution < -0.4 is 4.90 Å². The van der Waals surface area contributed by atoms with Crippen LogP contribution in [0.4, 0.5) is 11.6 Å². The van der Waals surface area contributed by atoms with E-state index in [4.69, 9.17) is 4.98 Å². The summed E-state index contributed by atoms with van der Waals surface area (Å²) in [6.07, 6.45) is 3.81. The Labute approximate surface area is 146 Å². The van der Waals surface area contributed by atoms with Crippen molar-refractivity contribution in [2.24, 2.45) is 0 Å². The van der Waals surface area contributed by atoms with Gasteiger partial charge in [-0.05, 0) is 44.2 Å². The first kappa shape index (κ1) is 15.3. The summed E-state index contributed by atoms with van der Waals surface area (Å²) in [6.45, 7) is 4.09. The Morgan fingerprint density at radius 2 is 1.72 bits per heavy atom. The summed E-state index contributed by atoms with van der Waals surface area (Å²) in [5, 5.41) is 0. The summed E-state index contributed by atoms with van der Waals surface area (Å²) in [7, 11) is 1.98. The summed E-state index contributed by atoms with van der Waals surface area (Å²) in [5.74, 6) is 0.659. The lowest BCUT2D eigenvalue weighted by atomic mass is 10.2. The van der Waals surface area contributed by atoms with Crippen molar-refractivity contribution in [1.29, 1.82) is 0 Å². The molecule has 5 nitrogen and oxygen atoms in total. The Morgan fingerprint density at radius 3 is 2.52 bits per heavy atom. The second-order valence-electron chi connectivity index (χ2n) is 6.11. The molecular formula is C20H19N5. The van der Waals surface area contributed by atoms with Crippen LogP contribution in [0, 0.1) is 13.8 Å². The summed E-state index contributed by atoms with van der Waals surface area (Å²) in [5.41, 5.74) is 6.01. The number of pyridine rings is 1. The van der Waals surface area contributed by atoms with Crippen LogP contribution in [0.2, 0.25) is 0 Å². The molecule has 0 fully saturated rings. The minimum absolute atomic E-state index is 0.659. The first-order chi connectivity index (χ1) is 12.1. The van der Waals surface area contributed by atoms with E-state index in [1.54, 1.807) is 6.20 Å². The number of rotatable bonds is 3. The van der Waals surface area contributed by atoms with Gasteiger partial charge in [0, 0.05) is 25.1 Å². The molecule has 4 aromatic rings. The smallest absolute Gasteiger partial charge is 0.230 e. The Morgan fingerprint density at radius 1 is 0.920 bits per heavy atom. The fraction of sp³-hybridized carbons (Fsp3) is 0.150. The molecular weight excluding hydrogens is 310 g/mol. The van der Waals surface area contributed by atoms with Gasteiger partial charge in [-0.25, -0.2) is 15.0 Å². The standard InChI is InChI=1S/C20H19N5/c1-14-7-9-16(10-8-14)24(3)20-21-12-11-17(23-20)19-15(2)22-18-6-4-5-13-25(18)19/h4-13H,1-3H3. The highest BCUT2D eigenvalue weighted by atomic mass is 15.2. The predicted octanol–water partition coefficient (Wildman–Crippen LogP) is 4.18. The maximum Gasteiger partial charge on any atom is 0.230 e. The quantitative estimate of drug-likeness (QED) is 0.566. The third-order valence-electron chi connectivity index (χ3n) is 4.31. The molecule has 124 valence electrons. The molecule has 5 heteroatoms. The molecule has 3 aromatic heterocycles. The van der Waals surface area contributed by atoms with Gasteiger partial charge in [-0.2, -0.15) is 0 Å². The maximum absolute atomic E-state index is 4.78. The van der Waals surface area contributed by atoms with Gasteiger partial charge in [0.2, 0.25) is 5.95 Å². The minimum atomic E-state index is 0.659. The number of nitrogens with zero attached hydrogens (tertiary/aromatic N) is 5. The molecule has 4 rings (SSSR count). The third-order valence-corrected chi connectivity index (χ3v) is 4.31. The van der Waals surface area contributed by atoms with Gasteiger partial charge in [-0.3, -0.25) is 4.40 Å². The zero-order valence-corrected chi connectivity index (χ0v) is 14.5. The first-order valence-electron chi connectivity index (χ1n) is 8.21. The van der Waals surface area contributed by atoms with E-state index < -0.39 is 0 Å². The molecule has 0 spiro atoms. The van der Waals surface area contributed by atoms with E-state index in [2.05, 4.69) is 45.6 Å². The van der Waals surface area contributed by atoms with E-state index in [0.29, 0.717) is 5.95 Å². The molecule has 0 bridgehead atoms. The summed E-state index contributed by atoms with van der Waals surface area (Å²) >= 11 is 0. The zero-order chi connectivity index (χ0) is 17.4. The van der Waals surface area contributed by atoms with Crippen LogP contribution in [-0.4, -0.2) is 26.4 Å². The topological polar surface area (TPSA) is 46.3 Å². The third kappa shape index (κ3) is 2.74. The summed E-state index contributed by atoms with van der Waals surface area (Å²) < 4.78 is 2.06. The molecule has 0 saturated heterocycles. The van der Waals surface area contributed by atoms with Crippen molar-refractivity contribution in [3.05, 3.63) is 72.2 Å². The van der Waals surface area contributed by atoms with Gasteiger partial charge in [-0.15, -0.1) is 0 Å². The van der Waals surface area contributed by atoms with E-state index in [1.165, 1.54) is 5.56 Å². The highest BCUT2D eigenvalue weighted by Gasteiger charge is 2.14. The number of hydrogen-bond acceptors (Lipinski definition) is 4. The number of imidazole rings is 1. The second-order valence-corrected chi connectivity index (χ2v) is 6.11. The van der Waals surface area contributed by atoms with Crippen LogP contribution in [0.1, 0.15) is 11.3 Å². The van der Waals surface area contributed by atoms with Crippen molar-refractivity contribution in [3.8, 4) is 11.4 Å². The molecule has 0 unspecified atom stereocenters. The lowest BCUT2D eigenvalue weighted by Crippen LogP contribution is -2.13. The van der Waals surface area contributed by atoms with E-state index in [0.717, 1.165) is 28.4 Å². The average molecular weight is 329 g/mol. The molecule has 0 aliphatic heterocycles. The summed E-state index contributed by atoms with van der Waals surface area (Å²) in [4.78, 5) is 15.8. The van der Waals surface area contributed by atoms with Crippen LogP contribution >= 0.6 is 0 Å². The van der Waals surface area contributed by atoms with Crippen molar-refractivity contribution in [2.75, 3.05) is 11.9 Å². The van der Waals surface area contributed by atoms with Crippen LogP contribution in [0.3, 0.4) is 0 Å². The van der Waals surface area contributed by atoms with Crippen molar-refractivity contribution < 1.29 is 0 Å². The molecule has 0 aliphatic carbocycles. The van der Waals surface area contributed by atoms with E-state index in [-0.39, 0.29) is 0 Å². The van der Waals surface area contributed by atoms with Crippen LogP contribution in [0.25, 0.3) is 17.0 Å². The molecule has 1 aromatic carbocycles. The fourth-order valence-corrected chi connectivity index (χ4v) is 2.95. The number of aromatic nitrogens is 4. The maximum atomic E-state index is 4.78. The van der Waals surface area contributed by atoms with E-state index in [1.807, 2.05) is 49.3 Å². The Bertz CT molecular complexity index is 1030. The minimum Gasteiger partial charge on any atom is -0.314 e. The Hall–Kier alpha value is -3.21. The van der Waals surface area contributed by atoms with Gasteiger partial charge < -0.3 is 4.90 Å². The van der Waals surface area contributed by atoms with Crippen molar-refractivity contribution >= 4 is 17.3 Å². The lowest BCUT2D eigenvalue weighted by molar-refractivity contribution is 1.03. The molecule has 0 saturated carbocycles. The number of anilines is 2. The van der Waals surface area contributed by atoms with Gasteiger partial charge in [0.15, 0.2) is 0 Å². The van der Waals surface area contributed by atoms with Crippen LogP contribution in [0.15, 0.2) is 60.9 Å². The number of fused-ring (bicyclic) bond motifs is 1. The molecule has 0 amide bonds. The van der Waals surface area contributed by atoms with Gasteiger partial charge in [0.05, 0.1) is 17.1 Å². The van der Waals surface area contributed by atoms with Crippen molar-refractivity contribution in [1.82, 2.24) is 19.4 Å². The summed E-state index contributed by atoms with van der Waals surface area (Å²) in [6, 6.07) is 16.2. The Kier molecular flexibility index (Phi) is 3.69. The molecule has 0 radical (unpaired) electrons. The van der Waals surface area contributed by atoms with Gasteiger partial charge in [-0.1, -0.05) is 23.8 Å². The number of hydrogen-bond donors (Lipinski definition) is 0. The highest BCUT2D eigenvalue weighted by molar-refractivity contribution is 5.66. The zero-order valence-electron chi connectivity index (χ0n) is 14.5. The van der Waals surface area contributed by atoms with Crippen LogP contribution in [0.5, 0.6) is 0 Å². The van der Waals surface area contributed by atoms with Crippen LogP contribution in [-0.2, 0) is 0 Å². The van der Waals surface area contributed by atoms with E-state index >= 15 is 0 Å². The number of benzene rings is 1. The number of aryl methyl sites for hydroxylation is 2. The highest BCUT2D eigenvalue weighted by Crippen LogP contribution is 2.26. The van der Waals surface area contributed by atoms with Gasteiger partial charge in [0.1, 0.15) is 5.65 Å². The SMILES string of the molecule is Cc1ccc(N(C)c2nccc(-c3c(C)nc4ccccn34)n2)cc1. The lowest BCUT2D eigenvalue weighted by Gasteiger charge is -2.18. The first-order valence-corrected chi connectivity index (χ1v) is 8.21. The molecule has 0 N–H and O–H groups in total. The molecule has 0 atom stereocenters. The molecule has 3 heterocycles. The normalized spacial score (nSPS) is 11.0. The predicted molar refractivity (Wildman–Crippen MR) is 100 cm³/mol. The van der Waals surface area contributed by atoms with Gasteiger partial charge in [0.25, 0.3) is 0 Å². The largest absolute Gasteiger partial charge is 0.314 e. The molecule has 25 heavy (non-hydrogen) atoms. The second kappa shape index (κ2) is 6.02. The van der Waals surface area contributed by atoms with Crippen molar-refractivity contribution in [2.45, 2.75) is 13.8 Å². The average Bonchev–Trinajstić information content (AvgIpc) is 2.97.